The summed E-state index contributed by atoms with van der Waals surface area (Å²) in [5, 5.41) is 10.9. The lowest BCUT2D eigenvalue weighted by atomic mass is 9.89. The number of piperidine rings is 2. The summed E-state index contributed by atoms with van der Waals surface area (Å²) in [5.41, 5.74) is 2.30. The SMILES string of the molecule is COc1cccc(C(=O)O)c1N1CCC(CN2CCC(Cc3ccc(Cl)c(Cl)c3)CC2)CC1. The van der Waals surface area contributed by atoms with E-state index in [1.807, 2.05) is 18.2 Å². The van der Waals surface area contributed by atoms with Crippen LogP contribution in [0.15, 0.2) is 36.4 Å². The molecular weight excluding hydrogens is 459 g/mol. The minimum atomic E-state index is -0.908. The summed E-state index contributed by atoms with van der Waals surface area (Å²) in [6, 6.07) is 11.2. The van der Waals surface area contributed by atoms with Gasteiger partial charge in [-0.05, 0) is 86.9 Å². The number of hydrogen-bond acceptors (Lipinski definition) is 4. The molecule has 0 aliphatic carbocycles. The van der Waals surface area contributed by atoms with Crippen molar-refractivity contribution in [2.75, 3.05) is 44.7 Å². The third-order valence-corrected chi connectivity index (χ3v) is 7.85. The van der Waals surface area contributed by atoms with Gasteiger partial charge in [-0.15, -0.1) is 0 Å². The Morgan fingerprint density at radius 3 is 2.33 bits per heavy atom. The largest absolute Gasteiger partial charge is 0.495 e. The Balaban J connectivity index is 1.26. The van der Waals surface area contributed by atoms with Gasteiger partial charge in [0.25, 0.3) is 0 Å². The summed E-state index contributed by atoms with van der Waals surface area (Å²) >= 11 is 12.2. The molecule has 0 bridgehead atoms. The average Bonchev–Trinajstić information content (AvgIpc) is 2.82. The highest BCUT2D eigenvalue weighted by Crippen LogP contribution is 2.35. The molecule has 178 valence electrons. The number of halogens is 2. The van der Waals surface area contributed by atoms with Gasteiger partial charge in [0.05, 0.1) is 28.4 Å². The molecule has 1 N–H and O–H groups in total. The van der Waals surface area contributed by atoms with Crippen LogP contribution < -0.4 is 9.64 Å². The number of ether oxygens (including phenoxy) is 1. The van der Waals surface area contributed by atoms with E-state index in [0.29, 0.717) is 38.9 Å². The number of methoxy groups -OCH3 is 1. The molecule has 2 heterocycles. The van der Waals surface area contributed by atoms with E-state index in [4.69, 9.17) is 27.9 Å². The first kappa shape index (κ1) is 24.2. The van der Waals surface area contributed by atoms with Gasteiger partial charge in [0.2, 0.25) is 0 Å². The van der Waals surface area contributed by atoms with E-state index in [-0.39, 0.29) is 0 Å². The van der Waals surface area contributed by atoms with Crippen molar-refractivity contribution < 1.29 is 14.6 Å². The van der Waals surface area contributed by atoms with E-state index < -0.39 is 5.97 Å². The lowest BCUT2D eigenvalue weighted by molar-refractivity contribution is 0.0697. The number of benzene rings is 2. The molecule has 0 radical (unpaired) electrons. The van der Waals surface area contributed by atoms with Crippen LogP contribution in [0.25, 0.3) is 0 Å². The molecule has 5 nitrogen and oxygen atoms in total. The zero-order chi connectivity index (χ0) is 23.4. The van der Waals surface area contributed by atoms with Gasteiger partial charge in [0, 0.05) is 19.6 Å². The summed E-state index contributed by atoms with van der Waals surface area (Å²) < 4.78 is 5.48. The molecule has 2 aliphatic rings. The third kappa shape index (κ3) is 5.95. The van der Waals surface area contributed by atoms with Gasteiger partial charge in [-0.1, -0.05) is 35.3 Å². The maximum Gasteiger partial charge on any atom is 0.337 e. The van der Waals surface area contributed by atoms with E-state index in [1.165, 1.54) is 18.4 Å². The lowest BCUT2D eigenvalue weighted by Crippen LogP contribution is -2.42. The van der Waals surface area contributed by atoms with Gasteiger partial charge < -0.3 is 19.6 Å². The molecular formula is C26H32Cl2N2O3. The number of para-hydroxylation sites is 1. The standard InChI is InChI=1S/C26H32Cl2N2O3/c1-33-24-4-2-3-21(26(31)32)25(24)30-13-9-19(10-14-30)17-29-11-7-18(8-12-29)15-20-5-6-22(27)23(28)16-20/h2-6,16,18-19H,7-15,17H2,1H3,(H,31,32). The minimum Gasteiger partial charge on any atom is -0.495 e. The Morgan fingerprint density at radius 2 is 1.70 bits per heavy atom. The van der Waals surface area contributed by atoms with Crippen LogP contribution in [-0.2, 0) is 6.42 Å². The quantitative estimate of drug-likeness (QED) is 0.525. The van der Waals surface area contributed by atoms with Crippen LogP contribution in [0.4, 0.5) is 5.69 Å². The molecule has 0 amide bonds. The average molecular weight is 491 g/mol. The van der Waals surface area contributed by atoms with Crippen LogP contribution in [0, 0.1) is 11.8 Å². The summed E-state index contributed by atoms with van der Waals surface area (Å²) in [5.74, 6) is 1.07. The fraction of sp³-hybridized carbons (Fsp3) is 0.500. The molecule has 33 heavy (non-hydrogen) atoms. The van der Waals surface area contributed by atoms with Crippen molar-refractivity contribution in [3.63, 3.8) is 0 Å². The van der Waals surface area contributed by atoms with Gasteiger partial charge in [0.15, 0.2) is 0 Å². The maximum absolute atomic E-state index is 11.7. The Hall–Kier alpha value is -1.95. The first-order valence-corrected chi connectivity index (χ1v) is 12.5. The number of nitrogens with zero attached hydrogens (tertiary/aromatic N) is 2. The molecule has 0 spiro atoms. The van der Waals surface area contributed by atoms with Crippen molar-refractivity contribution >= 4 is 34.9 Å². The first-order valence-electron chi connectivity index (χ1n) is 11.8. The van der Waals surface area contributed by atoms with E-state index in [0.717, 1.165) is 52.0 Å². The Bertz CT molecular complexity index is 968. The fourth-order valence-corrected chi connectivity index (χ4v) is 5.58. The molecule has 0 saturated carbocycles. The normalized spacial score (nSPS) is 18.5. The lowest BCUT2D eigenvalue weighted by Gasteiger charge is -2.39. The van der Waals surface area contributed by atoms with Crippen molar-refractivity contribution in [3.8, 4) is 5.75 Å². The molecule has 0 aromatic heterocycles. The highest BCUT2D eigenvalue weighted by Gasteiger charge is 2.28. The predicted octanol–water partition coefficient (Wildman–Crippen LogP) is 5.87. The van der Waals surface area contributed by atoms with Crippen molar-refractivity contribution in [2.45, 2.75) is 32.1 Å². The van der Waals surface area contributed by atoms with Gasteiger partial charge in [0.1, 0.15) is 5.75 Å². The highest BCUT2D eigenvalue weighted by atomic mass is 35.5. The van der Waals surface area contributed by atoms with Crippen molar-refractivity contribution in [1.29, 1.82) is 0 Å². The van der Waals surface area contributed by atoms with Crippen molar-refractivity contribution in [3.05, 3.63) is 57.6 Å². The molecule has 2 aliphatic heterocycles. The van der Waals surface area contributed by atoms with Crippen LogP contribution >= 0.6 is 23.2 Å². The molecule has 0 unspecified atom stereocenters. The number of carboxylic acid groups (broad SMARTS) is 1. The summed E-state index contributed by atoms with van der Waals surface area (Å²) in [6.07, 6.45) is 5.62. The van der Waals surface area contributed by atoms with Crippen molar-refractivity contribution in [2.24, 2.45) is 11.8 Å². The highest BCUT2D eigenvalue weighted by molar-refractivity contribution is 6.42. The summed E-state index contributed by atoms with van der Waals surface area (Å²) in [6.45, 7) is 5.13. The monoisotopic (exact) mass is 490 g/mol. The molecule has 2 aromatic carbocycles. The zero-order valence-electron chi connectivity index (χ0n) is 19.1. The van der Waals surface area contributed by atoms with Gasteiger partial charge in [-0.25, -0.2) is 4.79 Å². The van der Waals surface area contributed by atoms with Crippen LogP contribution in [0.3, 0.4) is 0 Å². The smallest absolute Gasteiger partial charge is 0.337 e. The molecule has 2 saturated heterocycles. The molecule has 2 aromatic rings. The fourth-order valence-electron chi connectivity index (χ4n) is 5.26. The number of anilines is 1. The number of likely N-dealkylation sites (tertiary alicyclic amines) is 1. The molecule has 7 heteroatoms. The van der Waals surface area contributed by atoms with Crippen LogP contribution in [0.5, 0.6) is 5.75 Å². The van der Waals surface area contributed by atoms with E-state index in [1.54, 1.807) is 19.2 Å². The summed E-state index contributed by atoms with van der Waals surface area (Å²) in [4.78, 5) is 16.5. The second-order valence-electron chi connectivity index (χ2n) is 9.29. The Kier molecular flexibility index (Phi) is 8.05. The van der Waals surface area contributed by atoms with Gasteiger partial charge in [-0.3, -0.25) is 0 Å². The second-order valence-corrected chi connectivity index (χ2v) is 10.1. The van der Waals surface area contributed by atoms with Crippen LogP contribution in [0.1, 0.15) is 41.6 Å². The predicted molar refractivity (Wildman–Crippen MR) is 134 cm³/mol. The number of carbonyl (C=O) groups is 1. The molecule has 2 fully saturated rings. The topological polar surface area (TPSA) is 53.0 Å². The number of rotatable bonds is 7. The summed E-state index contributed by atoms with van der Waals surface area (Å²) in [7, 11) is 1.60. The molecule has 4 rings (SSSR count). The number of aromatic carboxylic acids is 1. The third-order valence-electron chi connectivity index (χ3n) is 7.11. The van der Waals surface area contributed by atoms with Crippen molar-refractivity contribution in [1.82, 2.24) is 4.90 Å². The Morgan fingerprint density at radius 1 is 1.00 bits per heavy atom. The van der Waals surface area contributed by atoms with E-state index in [2.05, 4.69) is 15.9 Å². The van der Waals surface area contributed by atoms with E-state index >= 15 is 0 Å². The second kappa shape index (κ2) is 11.0. The van der Waals surface area contributed by atoms with Crippen LogP contribution in [-0.4, -0.2) is 55.8 Å². The van der Waals surface area contributed by atoms with Gasteiger partial charge in [-0.2, -0.15) is 0 Å². The molecule has 0 atom stereocenters. The Labute approximate surface area is 206 Å². The first-order chi connectivity index (χ1) is 15.9. The van der Waals surface area contributed by atoms with E-state index in [9.17, 15) is 9.90 Å². The maximum atomic E-state index is 11.7. The number of hydrogen-bond donors (Lipinski definition) is 1. The minimum absolute atomic E-state index is 0.317. The zero-order valence-corrected chi connectivity index (χ0v) is 20.6. The van der Waals surface area contributed by atoms with Gasteiger partial charge >= 0.3 is 5.97 Å². The van der Waals surface area contributed by atoms with Crippen LogP contribution in [0.2, 0.25) is 10.0 Å². The number of carboxylic acids is 1.